The van der Waals surface area contributed by atoms with E-state index < -0.39 is 29.4 Å². The molecule has 3 aromatic carbocycles. The Morgan fingerprint density at radius 1 is 0.980 bits per heavy atom. The largest absolute Gasteiger partial charge is 0.473 e. The van der Waals surface area contributed by atoms with E-state index in [2.05, 4.69) is 49.8 Å². The minimum absolute atomic E-state index is 0.0891. The predicted octanol–water partition coefficient (Wildman–Crippen LogP) is 9.12. The third-order valence-electron chi connectivity index (χ3n) is 7.43. The van der Waals surface area contributed by atoms with Crippen LogP contribution in [0.5, 0.6) is 5.88 Å². The lowest BCUT2D eigenvalue weighted by atomic mass is 10.0. The van der Waals surface area contributed by atoms with Gasteiger partial charge in [-0.25, -0.2) is 18.6 Å². The fourth-order valence-electron chi connectivity index (χ4n) is 5.26. The molecule has 2 aromatic heterocycles. The zero-order valence-electron chi connectivity index (χ0n) is 27.9. The van der Waals surface area contributed by atoms with E-state index in [4.69, 9.17) is 21.1 Å². The summed E-state index contributed by atoms with van der Waals surface area (Å²) < 4.78 is 41.5. The van der Waals surface area contributed by atoms with Crippen LogP contribution in [-0.2, 0) is 24.4 Å². The number of aromatic nitrogens is 2. The van der Waals surface area contributed by atoms with E-state index in [0.717, 1.165) is 23.0 Å². The number of hydrogen-bond acceptors (Lipinski definition) is 6. The van der Waals surface area contributed by atoms with Crippen LogP contribution in [0.25, 0.3) is 11.1 Å². The van der Waals surface area contributed by atoms with Gasteiger partial charge in [0.2, 0.25) is 5.88 Å². The highest BCUT2D eigenvalue weighted by molar-refractivity contribution is 6.30. The molecule has 0 saturated heterocycles. The number of amides is 1. The minimum Gasteiger partial charge on any atom is -0.473 e. The molecule has 0 spiro atoms. The molecule has 0 saturated carbocycles. The van der Waals surface area contributed by atoms with Gasteiger partial charge in [0.25, 0.3) is 0 Å². The van der Waals surface area contributed by atoms with Gasteiger partial charge in [-0.3, -0.25) is 0 Å². The third-order valence-corrected chi connectivity index (χ3v) is 7.66. The first-order valence-corrected chi connectivity index (χ1v) is 16.3. The van der Waals surface area contributed by atoms with Crippen molar-refractivity contribution >= 4 is 29.2 Å². The van der Waals surface area contributed by atoms with Gasteiger partial charge in [0.15, 0.2) is 0 Å². The van der Waals surface area contributed by atoms with Gasteiger partial charge in [0, 0.05) is 47.5 Å². The van der Waals surface area contributed by atoms with E-state index in [-0.39, 0.29) is 24.0 Å². The maximum Gasteiger partial charge on any atom is 0.407 e. The van der Waals surface area contributed by atoms with Crippen molar-refractivity contribution in [3.05, 3.63) is 131 Å². The van der Waals surface area contributed by atoms with Crippen molar-refractivity contribution in [3.8, 4) is 17.0 Å². The van der Waals surface area contributed by atoms with Crippen LogP contribution in [-0.4, -0.2) is 34.3 Å². The Morgan fingerprint density at radius 2 is 1.63 bits per heavy atom. The molecule has 0 bridgehead atoms. The fourth-order valence-corrected chi connectivity index (χ4v) is 5.42. The molecule has 0 aliphatic carbocycles. The Labute approximate surface area is 290 Å². The number of halogens is 3. The van der Waals surface area contributed by atoms with Crippen LogP contribution in [0.3, 0.4) is 0 Å². The van der Waals surface area contributed by atoms with Crippen LogP contribution in [0.2, 0.25) is 5.02 Å². The van der Waals surface area contributed by atoms with E-state index in [1.165, 1.54) is 12.1 Å². The molecule has 8 nitrogen and oxygen atoms in total. The molecular formula is C38H40ClF2N5O3. The standard InChI is InChI=1S/C38H40ClF2N5O3/c1-25(19-45-37(47)49-38(2,3)4)48-36-28(17-30(40)21-44-36)20-42-35-34(31-16-15-29(39)18-32(31)41)33(22-43-35)46(23-26-11-7-5-8-12-26)24-27-13-9-6-10-14-27/h5-18,21-22,25,42-43H,19-20,23-24H2,1-4H3,(H,45,47). The van der Waals surface area contributed by atoms with Crippen molar-refractivity contribution in [2.75, 3.05) is 16.8 Å². The number of alkyl carbamates (subject to hydrolysis) is 1. The summed E-state index contributed by atoms with van der Waals surface area (Å²) in [6.07, 6.45) is 1.82. The summed E-state index contributed by atoms with van der Waals surface area (Å²) in [7, 11) is 0. The van der Waals surface area contributed by atoms with E-state index in [1.807, 2.05) is 42.6 Å². The number of anilines is 2. The van der Waals surface area contributed by atoms with Crippen molar-refractivity contribution < 1.29 is 23.0 Å². The molecule has 0 aliphatic heterocycles. The van der Waals surface area contributed by atoms with Crippen molar-refractivity contribution in [3.63, 3.8) is 0 Å². The monoisotopic (exact) mass is 687 g/mol. The van der Waals surface area contributed by atoms with Crippen LogP contribution in [0, 0.1) is 11.6 Å². The van der Waals surface area contributed by atoms with Crippen LogP contribution >= 0.6 is 11.6 Å². The van der Waals surface area contributed by atoms with Crippen molar-refractivity contribution in [2.24, 2.45) is 0 Å². The second kappa shape index (κ2) is 15.9. The number of rotatable bonds is 13. The Morgan fingerprint density at radius 3 is 2.24 bits per heavy atom. The number of nitrogens with zero attached hydrogens (tertiary/aromatic N) is 2. The van der Waals surface area contributed by atoms with E-state index >= 15 is 4.39 Å². The van der Waals surface area contributed by atoms with E-state index in [0.29, 0.717) is 35.6 Å². The zero-order chi connectivity index (χ0) is 35.0. The number of carbonyl (C=O) groups excluding carboxylic acids is 1. The van der Waals surface area contributed by atoms with Crippen molar-refractivity contribution in [2.45, 2.75) is 59.0 Å². The summed E-state index contributed by atoms with van der Waals surface area (Å²) in [5.74, 6) is -0.333. The normalized spacial score (nSPS) is 11.9. The molecule has 3 N–H and O–H groups in total. The summed E-state index contributed by atoms with van der Waals surface area (Å²) in [4.78, 5) is 21.8. The van der Waals surface area contributed by atoms with Gasteiger partial charge in [-0.2, -0.15) is 0 Å². The van der Waals surface area contributed by atoms with Gasteiger partial charge in [0.05, 0.1) is 18.4 Å². The highest BCUT2D eigenvalue weighted by Crippen LogP contribution is 2.41. The number of benzene rings is 3. The molecular weight excluding hydrogens is 648 g/mol. The predicted molar refractivity (Wildman–Crippen MR) is 190 cm³/mol. The van der Waals surface area contributed by atoms with Gasteiger partial charge in [0.1, 0.15) is 29.2 Å². The topological polar surface area (TPSA) is 91.5 Å². The molecule has 5 rings (SSSR count). The number of H-pyrrole nitrogens is 1. The van der Waals surface area contributed by atoms with Gasteiger partial charge in [-0.05, 0) is 63.1 Å². The summed E-state index contributed by atoms with van der Waals surface area (Å²) in [6, 6.07) is 26.0. The van der Waals surface area contributed by atoms with Gasteiger partial charge < -0.3 is 30.0 Å². The molecule has 1 atom stereocenters. The lowest BCUT2D eigenvalue weighted by molar-refractivity contribution is 0.0503. The molecule has 256 valence electrons. The highest BCUT2D eigenvalue weighted by atomic mass is 35.5. The van der Waals surface area contributed by atoms with Crippen LogP contribution in [0.4, 0.5) is 25.1 Å². The Balaban J connectivity index is 1.44. The maximum atomic E-state index is 15.7. The van der Waals surface area contributed by atoms with E-state index in [9.17, 15) is 9.18 Å². The average molecular weight is 688 g/mol. The average Bonchev–Trinajstić information content (AvgIpc) is 3.47. The first-order valence-electron chi connectivity index (χ1n) is 16.0. The quantitative estimate of drug-likeness (QED) is 0.114. The Hall–Kier alpha value is -5.09. The number of carbonyl (C=O) groups is 1. The van der Waals surface area contributed by atoms with Crippen molar-refractivity contribution in [1.82, 2.24) is 15.3 Å². The first-order chi connectivity index (χ1) is 23.4. The van der Waals surface area contributed by atoms with Gasteiger partial charge >= 0.3 is 6.09 Å². The SMILES string of the molecule is CC(CNC(=O)OC(C)(C)C)Oc1ncc(F)cc1CNc1[nH]cc(N(Cc2ccccc2)Cc2ccccc2)c1-c1ccc(Cl)cc1F. The molecule has 0 radical (unpaired) electrons. The number of pyridine rings is 1. The van der Waals surface area contributed by atoms with Crippen LogP contribution in [0.15, 0.2) is 97.3 Å². The molecule has 2 heterocycles. The molecule has 11 heteroatoms. The molecule has 49 heavy (non-hydrogen) atoms. The molecule has 1 amide bonds. The van der Waals surface area contributed by atoms with E-state index in [1.54, 1.807) is 39.8 Å². The second-order valence-electron chi connectivity index (χ2n) is 12.7. The number of ether oxygens (including phenoxy) is 2. The summed E-state index contributed by atoms with van der Waals surface area (Å²) in [6.45, 7) is 8.42. The molecule has 0 aliphatic rings. The first kappa shape index (κ1) is 35.2. The number of aromatic amines is 1. The smallest absolute Gasteiger partial charge is 0.407 e. The fraction of sp³-hybridized carbons (Fsp3) is 0.263. The molecule has 1 unspecified atom stereocenters. The maximum absolute atomic E-state index is 15.7. The lowest BCUT2D eigenvalue weighted by Gasteiger charge is -2.26. The zero-order valence-corrected chi connectivity index (χ0v) is 28.7. The third kappa shape index (κ3) is 9.96. The Bertz CT molecular complexity index is 1810. The number of hydrogen-bond donors (Lipinski definition) is 3. The summed E-state index contributed by atoms with van der Waals surface area (Å²) in [5, 5.41) is 6.28. The Kier molecular flexibility index (Phi) is 11.4. The van der Waals surface area contributed by atoms with Gasteiger partial charge in [-0.15, -0.1) is 0 Å². The van der Waals surface area contributed by atoms with Crippen LogP contribution < -0.4 is 20.3 Å². The molecule has 5 aromatic rings. The summed E-state index contributed by atoms with van der Waals surface area (Å²) >= 11 is 6.16. The van der Waals surface area contributed by atoms with Crippen molar-refractivity contribution in [1.29, 1.82) is 0 Å². The lowest BCUT2D eigenvalue weighted by Crippen LogP contribution is -2.37. The highest BCUT2D eigenvalue weighted by Gasteiger charge is 2.23. The van der Waals surface area contributed by atoms with Gasteiger partial charge in [-0.1, -0.05) is 72.3 Å². The minimum atomic E-state index is -0.642. The summed E-state index contributed by atoms with van der Waals surface area (Å²) in [5.41, 5.74) is 3.63. The molecule has 0 fully saturated rings. The van der Waals surface area contributed by atoms with Crippen LogP contribution in [0.1, 0.15) is 44.4 Å². The number of nitrogens with one attached hydrogen (secondary N) is 3. The second-order valence-corrected chi connectivity index (χ2v) is 13.1.